The Bertz CT molecular complexity index is 425. The number of rotatable bonds is 5. The number of nitrogens with zero attached hydrogens (tertiary/aromatic N) is 2. The molecule has 0 radical (unpaired) electrons. The Kier molecular flexibility index (Phi) is 5.28. The molecule has 3 nitrogen and oxygen atoms in total. The van der Waals surface area contributed by atoms with E-state index in [-0.39, 0.29) is 0 Å². The number of nitrogens with two attached hydrogens (primary N) is 1. The molecule has 0 amide bonds. The van der Waals surface area contributed by atoms with Crippen molar-refractivity contribution in [2.75, 3.05) is 13.1 Å². The van der Waals surface area contributed by atoms with Crippen LogP contribution in [0.5, 0.6) is 0 Å². The van der Waals surface area contributed by atoms with E-state index in [4.69, 9.17) is 18.0 Å². The van der Waals surface area contributed by atoms with Crippen molar-refractivity contribution in [2.24, 2.45) is 11.7 Å². The Balaban J connectivity index is 1.88. The summed E-state index contributed by atoms with van der Waals surface area (Å²) in [6.45, 7) is 5.67. The number of hydrogen-bond donors (Lipinski definition) is 1. The van der Waals surface area contributed by atoms with Crippen molar-refractivity contribution in [3.63, 3.8) is 0 Å². The molecule has 2 heterocycles. The largest absolute Gasteiger partial charge is 0.388 e. The van der Waals surface area contributed by atoms with Crippen LogP contribution >= 0.6 is 12.2 Å². The number of pyridine rings is 1. The second-order valence-corrected chi connectivity index (χ2v) is 5.86. The van der Waals surface area contributed by atoms with E-state index in [2.05, 4.69) is 22.9 Å². The topological polar surface area (TPSA) is 42.2 Å². The zero-order valence-corrected chi connectivity index (χ0v) is 12.5. The van der Waals surface area contributed by atoms with Crippen LogP contribution in [0.2, 0.25) is 0 Å². The van der Waals surface area contributed by atoms with E-state index in [0.29, 0.717) is 4.99 Å². The van der Waals surface area contributed by atoms with E-state index < -0.39 is 0 Å². The van der Waals surface area contributed by atoms with Gasteiger partial charge in [-0.05, 0) is 49.5 Å². The third-order valence-corrected chi connectivity index (χ3v) is 4.10. The van der Waals surface area contributed by atoms with Crippen molar-refractivity contribution < 1.29 is 0 Å². The number of piperidine rings is 1. The molecular weight excluding hydrogens is 254 g/mol. The van der Waals surface area contributed by atoms with Gasteiger partial charge in [0.15, 0.2) is 0 Å². The minimum Gasteiger partial charge on any atom is -0.388 e. The Hall–Kier alpha value is -1.00. The van der Waals surface area contributed by atoms with Gasteiger partial charge in [-0.25, -0.2) is 0 Å². The van der Waals surface area contributed by atoms with Gasteiger partial charge in [0.05, 0.1) is 5.69 Å². The van der Waals surface area contributed by atoms with Gasteiger partial charge in [-0.1, -0.05) is 32.0 Å². The summed E-state index contributed by atoms with van der Waals surface area (Å²) >= 11 is 4.97. The number of hydrogen-bond acceptors (Lipinski definition) is 3. The van der Waals surface area contributed by atoms with Gasteiger partial charge in [0.2, 0.25) is 0 Å². The standard InChI is InChI=1S/C15H23N3S/c1-2-3-12-5-8-18(9-6-12)11-13-4-7-17-14(10-13)15(16)19/h4,7,10,12H,2-3,5-6,8-9,11H2,1H3,(H2,16,19). The van der Waals surface area contributed by atoms with Crippen LogP contribution in [0.3, 0.4) is 0 Å². The van der Waals surface area contributed by atoms with Gasteiger partial charge in [-0.15, -0.1) is 0 Å². The first-order valence-electron chi connectivity index (χ1n) is 7.16. The van der Waals surface area contributed by atoms with E-state index in [1.165, 1.54) is 44.3 Å². The smallest absolute Gasteiger partial charge is 0.122 e. The van der Waals surface area contributed by atoms with Gasteiger partial charge in [-0.3, -0.25) is 9.88 Å². The summed E-state index contributed by atoms with van der Waals surface area (Å²) in [5, 5.41) is 0. The van der Waals surface area contributed by atoms with Crippen molar-refractivity contribution in [3.05, 3.63) is 29.6 Å². The molecular formula is C15H23N3S. The number of likely N-dealkylation sites (tertiary alicyclic amines) is 1. The average Bonchev–Trinajstić information content (AvgIpc) is 2.42. The molecule has 1 fully saturated rings. The van der Waals surface area contributed by atoms with E-state index >= 15 is 0 Å². The first-order chi connectivity index (χ1) is 9.19. The lowest BCUT2D eigenvalue weighted by atomic mass is 9.92. The molecule has 0 aliphatic carbocycles. The molecule has 1 aliphatic rings. The molecule has 1 aliphatic heterocycles. The number of thiocarbonyl (C=S) groups is 1. The molecule has 19 heavy (non-hydrogen) atoms. The Morgan fingerprint density at radius 2 is 2.21 bits per heavy atom. The quantitative estimate of drug-likeness (QED) is 0.840. The Morgan fingerprint density at radius 1 is 1.47 bits per heavy atom. The summed E-state index contributed by atoms with van der Waals surface area (Å²) in [5.74, 6) is 0.936. The van der Waals surface area contributed by atoms with E-state index in [1.807, 2.05) is 6.07 Å². The zero-order chi connectivity index (χ0) is 13.7. The van der Waals surface area contributed by atoms with Crippen LogP contribution < -0.4 is 5.73 Å². The van der Waals surface area contributed by atoms with Crippen molar-refractivity contribution >= 4 is 17.2 Å². The van der Waals surface area contributed by atoms with Gasteiger partial charge in [0, 0.05) is 12.7 Å². The average molecular weight is 277 g/mol. The molecule has 2 rings (SSSR count). The fourth-order valence-corrected chi connectivity index (χ4v) is 2.92. The SMILES string of the molecule is CCCC1CCN(Cc2ccnc(C(N)=S)c2)CC1. The van der Waals surface area contributed by atoms with Crippen LogP contribution in [0.4, 0.5) is 0 Å². The first-order valence-corrected chi connectivity index (χ1v) is 7.57. The number of aromatic nitrogens is 1. The molecule has 1 aromatic rings. The lowest BCUT2D eigenvalue weighted by Crippen LogP contribution is -2.33. The van der Waals surface area contributed by atoms with Crippen LogP contribution in [0.15, 0.2) is 18.3 Å². The highest BCUT2D eigenvalue weighted by Gasteiger charge is 2.18. The highest BCUT2D eigenvalue weighted by Crippen LogP contribution is 2.22. The van der Waals surface area contributed by atoms with Crippen molar-refractivity contribution in [2.45, 2.75) is 39.2 Å². The van der Waals surface area contributed by atoms with Gasteiger partial charge >= 0.3 is 0 Å². The van der Waals surface area contributed by atoms with E-state index in [1.54, 1.807) is 6.20 Å². The van der Waals surface area contributed by atoms with Crippen molar-refractivity contribution in [3.8, 4) is 0 Å². The van der Waals surface area contributed by atoms with Gasteiger partial charge < -0.3 is 5.73 Å². The maximum absolute atomic E-state index is 5.62. The maximum Gasteiger partial charge on any atom is 0.122 e. The summed E-state index contributed by atoms with van der Waals surface area (Å²) in [6, 6.07) is 4.07. The van der Waals surface area contributed by atoms with Crippen molar-refractivity contribution in [1.29, 1.82) is 0 Å². The maximum atomic E-state index is 5.62. The molecule has 1 aromatic heterocycles. The molecule has 0 atom stereocenters. The van der Waals surface area contributed by atoms with Crippen LogP contribution in [0.25, 0.3) is 0 Å². The highest BCUT2D eigenvalue weighted by molar-refractivity contribution is 7.80. The van der Waals surface area contributed by atoms with Gasteiger partial charge in [-0.2, -0.15) is 0 Å². The molecule has 4 heteroatoms. The molecule has 1 saturated heterocycles. The normalized spacial score (nSPS) is 17.5. The first kappa shape index (κ1) is 14.4. The third-order valence-electron chi connectivity index (χ3n) is 3.89. The minimum atomic E-state index is 0.378. The van der Waals surface area contributed by atoms with Crippen LogP contribution in [-0.4, -0.2) is 28.0 Å². The second kappa shape index (κ2) is 6.96. The molecule has 0 bridgehead atoms. The van der Waals surface area contributed by atoms with Crippen LogP contribution in [0, 0.1) is 5.92 Å². The monoisotopic (exact) mass is 277 g/mol. The van der Waals surface area contributed by atoms with E-state index in [9.17, 15) is 0 Å². The molecule has 0 saturated carbocycles. The zero-order valence-electron chi connectivity index (χ0n) is 11.6. The summed E-state index contributed by atoms with van der Waals surface area (Å²) in [6.07, 6.45) is 7.16. The van der Waals surface area contributed by atoms with Gasteiger partial charge in [0.1, 0.15) is 4.99 Å². The molecule has 0 aromatic carbocycles. The fraction of sp³-hybridized carbons (Fsp3) is 0.600. The fourth-order valence-electron chi connectivity index (χ4n) is 2.81. The molecule has 2 N–H and O–H groups in total. The minimum absolute atomic E-state index is 0.378. The second-order valence-electron chi connectivity index (χ2n) is 5.42. The predicted octanol–water partition coefficient (Wildman–Crippen LogP) is 2.73. The Labute approximate surface area is 121 Å². The third kappa shape index (κ3) is 4.25. The summed E-state index contributed by atoms with van der Waals surface area (Å²) < 4.78 is 0. The summed E-state index contributed by atoms with van der Waals surface area (Å²) in [5.41, 5.74) is 7.61. The van der Waals surface area contributed by atoms with E-state index in [0.717, 1.165) is 18.2 Å². The lowest BCUT2D eigenvalue weighted by Gasteiger charge is -2.31. The van der Waals surface area contributed by atoms with Crippen LogP contribution in [0.1, 0.15) is 43.9 Å². The predicted molar refractivity (Wildman–Crippen MR) is 83.0 cm³/mol. The van der Waals surface area contributed by atoms with Gasteiger partial charge in [0.25, 0.3) is 0 Å². The van der Waals surface area contributed by atoms with Crippen molar-refractivity contribution in [1.82, 2.24) is 9.88 Å². The summed E-state index contributed by atoms with van der Waals surface area (Å²) in [4.78, 5) is 7.08. The highest BCUT2D eigenvalue weighted by atomic mass is 32.1. The molecule has 0 spiro atoms. The molecule has 0 unspecified atom stereocenters. The Morgan fingerprint density at radius 3 is 2.84 bits per heavy atom. The summed E-state index contributed by atoms with van der Waals surface area (Å²) in [7, 11) is 0. The lowest BCUT2D eigenvalue weighted by molar-refractivity contribution is 0.172. The molecule has 104 valence electrons. The van der Waals surface area contributed by atoms with Crippen LogP contribution in [-0.2, 0) is 6.54 Å².